The second-order valence-corrected chi connectivity index (χ2v) is 5.31. The fourth-order valence-corrected chi connectivity index (χ4v) is 2.31. The molecule has 0 heterocycles. The van der Waals surface area contributed by atoms with Gasteiger partial charge in [0.2, 0.25) is 5.91 Å². The summed E-state index contributed by atoms with van der Waals surface area (Å²) in [5.41, 5.74) is 2.09. The van der Waals surface area contributed by atoms with Crippen LogP contribution in [0.3, 0.4) is 0 Å². The summed E-state index contributed by atoms with van der Waals surface area (Å²) in [6.07, 6.45) is 0.392. The van der Waals surface area contributed by atoms with Gasteiger partial charge in [0.15, 0.2) is 0 Å². The molecule has 23 heavy (non-hydrogen) atoms. The highest BCUT2D eigenvalue weighted by atomic mass is 16.3. The van der Waals surface area contributed by atoms with Crippen LogP contribution in [0.5, 0.6) is 5.75 Å². The van der Waals surface area contributed by atoms with E-state index in [1.807, 2.05) is 6.07 Å². The van der Waals surface area contributed by atoms with Gasteiger partial charge >= 0.3 is 0 Å². The van der Waals surface area contributed by atoms with Gasteiger partial charge in [0.25, 0.3) is 0 Å². The van der Waals surface area contributed by atoms with Crippen LogP contribution >= 0.6 is 0 Å². The highest BCUT2D eigenvalue weighted by Crippen LogP contribution is 2.20. The number of anilines is 1. The first-order valence-electron chi connectivity index (χ1n) is 7.21. The first kappa shape index (κ1) is 16.5. The Hall–Kier alpha value is -2.84. The van der Waals surface area contributed by atoms with Crippen molar-refractivity contribution in [2.75, 3.05) is 18.6 Å². The van der Waals surface area contributed by atoms with Gasteiger partial charge in [-0.15, -0.1) is 0 Å². The molecule has 5 nitrogen and oxygen atoms in total. The van der Waals surface area contributed by atoms with Crippen molar-refractivity contribution in [3.63, 3.8) is 0 Å². The largest absolute Gasteiger partial charge is 0.508 e. The van der Waals surface area contributed by atoms with E-state index in [9.17, 15) is 15.0 Å². The van der Waals surface area contributed by atoms with Crippen LogP contribution in [-0.2, 0) is 11.2 Å². The number of carbonyl (C=O) groups excluding carboxylic acids is 1. The van der Waals surface area contributed by atoms with Crippen LogP contribution < -0.4 is 4.90 Å². The molecule has 2 N–H and O–H groups in total. The second kappa shape index (κ2) is 7.43. The quantitative estimate of drug-likeness (QED) is 0.885. The second-order valence-electron chi connectivity index (χ2n) is 5.31. The van der Waals surface area contributed by atoms with E-state index >= 15 is 0 Å². The number of aliphatic hydroxyl groups excluding tert-OH is 1. The molecule has 1 atom stereocenters. The van der Waals surface area contributed by atoms with Crippen LogP contribution in [0.15, 0.2) is 48.5 Å². The Labute approximate surface area is 135 Å². The maximum absolute atomic E-state index is 12.5. The van der Waals surface area contributed by atoms with Gasteiger partial charge < -0.3 is 15.1 Å². The monoisotopic (exact) mass is 310 g/mol. The zero-order valence-corrected chi connectivity index (χ0v) is 12.8. The van der Waals surface area contributed by atoms with Crippen LogP contribution in [0.4, 0.5) is 5.69 Å². The third kappa shape index (κ3) is 4.09. The molecule has 1 amide bonds. The number of phenols is 1. The summed E-state index contributed by atoms with van der Waals surface area (Å²) in [7, 11) is 1.64. The van der Waals surface area contributed by atoms with Crippen molar-refractivity contribution in [2.45, 2.75) is 6.42 Å². The standard InChI is InChI=1S/C18H18N2O3/c1-20(16-6-8-17(22)9-7-16)18(23)15(12-21)10-13-2-4-14(11-19)5-3-13/h2-9,15,21-22H,10,12H2,1H3. The van der Waals surface area contributed by atoms with E-state index in [-0.39, 0.29) is 18.3 Å². The summed E-state index contributed by atoms with van der Waals surface area (Å²) in [4.78, 5) is 14.0. The molecule has 0 radical (unpaired) electrons. The van der Waals surface area contributed by atoms with E-state index in [1.54, 1.807) is 43.4 Å². The van der Waals surface area contributed by atoms with E-state index in [4.69, 9.17) is 5.26 Å². The summed E-state index contributed by atoms with van der Waals surface area (Å²) in [5, 5.41) is 27.7. The van der Waals surface area contributed by atoms with Crippen molar-refractivity contribution in [1.82, 2.24) is 0 Å². The van der Waals surface area contributed by atoms with E-state index in [0.717, 1.165) is 5.56 Å². The first-order chi connectivity index (χ1) is 11.0. The molecule has 0 aromatic heterocycles. The lowest BCUT2D eigenvalue weighted by molar-refractivity contribution is -0.123. The molecule has 2 aromatic rings. The Kier molecular flexibility index (Phi) is 5.34. The number of phenolic OH excluding ortho intramolecular Hbond substituents is 1. The first-order valence-corrected chi connectivity index (χ1v) is 7.21. The average molecular weight is 310 g/mol. The number of rotatable bonds is 5. The fourth-order valence-electron chi connectivity index (χ4n) is 2.31. The molecule has 2 aromatic carbocycles. The van der Waals surface area contributed by atoms with Crippen LogP contribution in [0, 0.1) is 17.2 Å². The average Bonchev–Trinajstić information content (AvgIpc) is 2.59. The number of carbonyl (C=O) groups is 1. The predicted molar refractivity (Wildman–Crippen MR) is 87.0 cm³/mol. The van der Waals surface area contributed by atoms with Gasteiger partial charge in [0.1, 0.15) is 5.75 Å². The molecular formula is C18H18N2O3. The minimum absolute atomic E-state index is 0.130. The van der Waals surface area contributed by atoms with Crippen LogP contribution in [0.1, 0.15) is 11.1 Å². The summed E-state index contributed by atoms with van der Waals surface area (Å²) < 4.78 is 0. The Morgan fingerprint density at radius 1 is 1.17 bits per heavy atom. The predicted octanol–water partition coefficient (Wildman–Crippen LogP) is 2.08. The van der Waals surface area contributed by atoms with Crippen LogP contribution in [0.25, 0.3) is 0 Å². The molecule has 118 valence electrons. The van der Waals surface area contributed by atoms with Gasteiger partial charge in [-0.25, -0.2) is 0 Å². The van der Waals surface area contributed by atoms with Crippen LogP contribution in [-0.4, -0.2) is 29.8 Å². The van der Waals surface area contributed by atoms with Crippen LogP contribution in [0.2, 0.25) is 0 Å². The lowest BCUT2D eigenvalue weighted by atomic mass is 9.98. The lowest BCUT2D eigenvalue weighted by Gasteiger charge is -2.23. The van der Waals surface area contributed by atoms with Gasteiger partial charge in [-0.2, -0.15) is 5.26 Å². The normalized spacial score (nSPS) is 11.5. The number of hydrogen-bond donors (Lipinski definition) is 2. The Balaban J connectivity index is 2.10. The van der Waals surface area contributed by atoms with Crippen molar-refractivity contribution in [2.24, 2.45) is 5.92 Å². The molecule has 1 unspecified atom stereocenters. The Bertz CT molecular complexity index is 703. The molecule has 0 spiro atoms. The fraction of sp³-hybridized carbons (Fsp3) is 0.222. The van der Waals surface area contributed by atoms with Gasteiger partial charge in [0.05, 0.1) is 24.2 Å². The highest BCUT2D eigenvalue weighted by molar-refractivity contribution is 5.94. The van der Waals surface area contributed by atoms with Crippen molar-refractivity contribution in [3.8, 4) is 11.8 Å². The number of aromatic hydroxyl groups is 1. The topological polar surface area (TPSA) is 84.6 Å². The molecule has 0 saturated carbocycles. The number of benzene rings is 2. The third-order valence-electron chi connectivity index (χ3n) is 3.70. The SMILES string of the molecule is CN(C(=O)C(CO)Cc1ccc(C#N)cc1)c1ccc(O)cc1. The number of nitrogens with zero attached hydrogens (tertiary/aromatic N) is 2. The summed E-state index contributed by atoms with van der Waals surface area (Å²) in [6, 6.07) is 15.3. The third-order valence-corrected chi connectivity index (χ3v) is 3.70. The van der Waals surface area contributed by atoms with Crippen molar-refractivity contribution >= 4 is 11.6 Å². The number of nitriles is 1. The molecule has 0 aliphatic carbocycles. The van der Waals surface area contributed by atoms with E-state index in [2.05, 4.69) is 0 Å². The minimum Gasteiger partial charge on any atom is -0.508 e. The molecule has 0 aliphatic heterocycles. The molecular weight excluding hydrogens is 292 g/mol. The van der Waals surface area contributed by atoms with Gasteiger partial charge in [0, 0.05) is 12.7 Å². The zero-order valence-electron chi connectivity index (χ0n) is 12.8. The number of hydrogen-bond acceptors (Lipinski definition) is 4. The summed E-state index contributed by atoms with van der Waals surface area (Å²) >= 11 is 0. The lowest BCUT2D eigenvalue weighted by Crippen LogP contribution is -2.35. The maximum Gasteiger partial charge on any atom is 0.232 e. The zero-order chi connectivity index (χ0) is 16.8. The Morgan fingerprint density at radius 2 is 1.78 bits per heavy atom. The number of aliphatic hydroxyl groups is 1. The molecule has 0 saturated heterocycles. The van der Waals surface area contributed by atoms with Crippen molar-refractivity contribution in [1.29, 1.82) is 5.26 Å². The highest BCUT2D eigenvalue weighted by Gasteiger charge is 2.22. The van der Waals surface area contributed by atoms with Gasteiger partial charge in [-0.1, -0.05) is 12.1 Å². The summed E-state index contributed by atoms with van der Waals surface area (Å²) in [6.45, 7) is -0.263. The molecule has 0 aliphatic rings. The van der Waals surface area contributed by atoms with E-state index in [0.29, 0.717) is 17.7 Å². The summed E-state index contributed by atoms with van der Waals surface area (Å²) in [5.74, 6) is -0.643. The van der Waals surface area contributed by atoms with Crippen molar-refractivity contribution < 1.29 is 15.0 Å². The molecule has 0 fully saturated rings. The molecule has 5 heteroatoms. The van der Waals surface area contributed by atoms with E-state index in [1.165, 1.54) is 17.0 Å². The minimum atomic E-state index is -0.568. The van der Waals surface area contributed by atoms with E-state index < -0.39 is 5.92 Å². The molecule has 2 rings (SSSR count). The van der Waals surface area contributed by atoms with Gasteiger partial charge in [-0.3, -0.25) is 4.79 Å². The number of amides is 1. The van der Waals surface area contributed by atoms with Crippen molar-refractivity contribution in [3.05, 3.63) is 59.7 Å². The maximum atomic E-state index is 12.5. The molecule has 0 bridgehead atoms. The smallest absolute Gasteiger partial charge is 0.232 e. The Morgan fingerprint density at radius 3 is 2.30 bits per heavy atom. The van der Waals surface area contributed by atoms with Gasteiger partial charge in [-0.05, 0) is 48.4 Å².